The molecule has 4 saturated carbocycles. The van der Waals surface area contributed by atoms with Crippen molar-refractivity contribution in [3.63, 3.8) is 0 Å². The molecule has 15 heavy (non-hydrogen) atoms. The Kier molecular flexibility index (Phi) is 2.02. The Morgan fingerprint density at radius 1 is 1.27 bits per heavy atom. The monoisotopic (exact) mass is 271 g/mol. The van der Waals surface area contributed by atoms with Gasteiger partial charge >= 0.3 is 0 Å². The summed E-state index contributed by atoms with van der Waals surface area (Å²) < 4.78 is 0.295. The molecule has 4 aliphatic carbocycles. The van der Waals surface area contributed by atoms with Gasteiger partial charge in [-0.05, 0) is 50.4 Å². The molecule has 84 valence electrons. The van der Waals surface area contributed by atoms with Crippen LogP contribution in [0.2, 0.25) is 0 Å². The van der Waals surface area contributed by atoms with E-state index in [0.29, 0.717) is 10.2 Å². The van der Waals surface area contributed by atoms with E-state index in [2.05, 4.69) is 21.2 Å². The molecule has 4 aliphatic rings. The van der Waals surface area contributed by atoms with Crippen LogP contribution in [0.1, 0.15) is 38.5 Å². The fraction of sp³-hybridized carbons (Fsp3) is 0.917. The van der Waals surface area contributed by atoms with Gasteiger partial charge in [0.2, 0.25) is 5.91 Å². The number of hydrogen-bond acceptors (Lipinski definition) is 1. The lowest BCUT2D eigenvalue weighted by atomic mass is 9.49. The van der Waals surface area contributed by atoms with Gasteiger partial charge in [0.1, 0.15) is 0 Å². The second-order valence-electron chi connectivity index (χ2n) is 5.97. The zero-order valence-corrected chi connectivity index (χ0v) is 10.8. The van der Waals surface area contributed by atoms with E-state index in [9.17, 15) is 4.79 Å². The van der Waals surface area contributed by atoms with Crippen LogP contribution in [0, 0.1) is 17.3 Å². The van der Waals surface area contributed by atoms with Crippen molar-refractivity contribution in [3.05, 3.63) is 0 Å². The number of hydrogen-bond donors (Lipinski definition) is 1. The van der Waals surface area contributed by atoms with E-state index in [-0.39, 0.29) is 5.41 Å². The summed E-state index contributed by atoms with van der Waals surface area (Å²) in [6, 6.07) is 0. The molecule has 0 aliphatic heterocycles. The summed E-state index contributed by atoms with van der Waals surface area (Å²) in [4.78, 5) is 12.1. The highest BCUT2D eigenvalue weighted by atomic mass is 79.9. The Hall–Kier alpha value is -0.0500. The lowest BCUT2D eigenvalue weighted by molar-refractivity contribution is -0.143. The molecule has 1 amide bonds. The van der Waals surface area contributed by atoms with Crippen LogP contribution in [-0.4, -0.2) is 17.3 Å². The molecule has 3 heteroatoms. The molecule has 0 spiro atoms. The molecule has 0 saturated heterocycles. The molecule has 4 bridgehead atoms. The van der Waals surface area contributed by atoms with Crippen LogP contribution in [0.25, 0.3) is 0 Å². The normalized spacial score (nSPS) is 51.9. The van der Waals surface area contributed by atoms with E-state index in [1.165, 1.54) is 19.3 Å². The van der Waals surface area contributed by atoms with Gasteiger partial charge in [-0.3, -0.25) is 4.79 Å². The van der Waals surface area contributed by atoms with Crippen LogP contribution in [0.5, 0.6) is 0 Å². The SMILES string of the molecule is CNC(=O)C12CC3CC(CC(Br)(C3)C1)C2. The quantitative estimate of drug-likeness (QED) is 0.730. The van der Waals surface area contributed by atoms with Crippen LogP contribution >= 0.6 is 15.9 Å². The Labute approximate surface area is 99.3 Å². The van der Waals surface area contributed by atoms with Crippen molar-refractivity contribution in [2.75, 3.05) is 7.05 Å². The largest absolute Gasteiger partial charge is 0.359 e. The average molecular weight is 272 g/mol. The Bertz CT molecular complexity index is 301. The van der Waals surface area contributed by atoms with Gasteiger partial charge in [0.05, 0.1) is 5.41 Å². The standard InChI is InChI=1S/C12H18BrNO/c1-14-10(15)11-3-8-2-9(4-11)6-12(13,5-8)7-11/h8-9H,2-7H2,1H3,(H,14,15). The minimum Gasteiger partial charge on any atom is -0.359 e. The van der Waals surface area contributed by atoms with Crippen molar-refractivity contribution in [2.24, 2.45) is 17.3 Å². The van der Waals surface area contributed by atoms with E-state index in [0.717, 1.165) is 31.1 Å². The predicted octanol–water partition coefficient (Wildman–Crippen LogP) is 2.47. The van der Waals surface area contributed by atoms with Gasteiger partial charge < -0.3 is 5.32 Å². The van der Waals surface area contributed by atoms with Gasteiger partial charge in [0.25, 0.3) is 0 Å². The minimum absolute atomic E-state index is 0.0255. The van der Waals surface area contributed by atoms with Gasteiger partial charge in [0, 0.05) is 11.4 Å². The van der Waals surface area contributed by atoms with E-state index >= 15 is 0 Å². The first-order valence-electron chi connectivity index (χ1n) is 5.96. The fourth-order valence-corrected chi connectivity index (χ4v) is 6.13. The zero-order valence-electron chi connectivity index (χ0n) is 9.18. The Balaban J connectivity index is 1.96. The third kappa shape index (κ3) is 1.38. The molecule has 0 aromatic carbocycles. The average Bonchev–Trinajstić information content (AvgIpc) is 2.12. The molecular weight excluding hydrogens is 254 g/mol. The second kappa shape index (κ2) is 2.99. The van der Waals surface area contributed by atoms with E-state index < -0.39 is 0 Å². The zero-order chi connectivity index (χ0) is 10.7. The molecule has 2 atom stereocenters. The third-order valence-electron chi connectivity index (χ3n) is 4.70. The number of carbonyl (C=O) groups excluding carboxylic acids is 1. The van der Waals surface area contributed by atoms with E-state index in [1.54, 1.807) is 7.05 Å². The smallest absolute Gasteiger partial charge is 0.226 e. The molecule has 0 aromatic heterocycles. The van der Waals surface area contributed by atoms with Gasteiger partial charge in [-0.25, -0.2) is 0 Å². The summed E-state index contributed by atoms with van der Waals surface area (Å²) in [6.07, 6.45) is 7.29. The van der Waals surface area contributed by atoms with Gasteiger partial charge in [-0.1, -0.05) is 15.9 Å². The van der Waals surface area contributed by atoms with Crippen molar-refractivity contribution in [3.8, 4) is 0 Å². The topological polar surface area (TPSA) is 29.1 Å². The van der Waals surface area contributed by atoms with Crippen LogP contribution in [0.15, 0.2) is 0 Å². The summed E-state index contributed by atoms with van der Waals surface area (Å²) in [6.45, 7) is 0. The molecule has 0 radical (unpaired) electrons. The maximum atomic E-state index is 12.1. The first-order chi connectivity index (χ1) is 7.05. The molecular formula is C12H18BrNO. The van der Waals surface area contributed by atoms with Crippen LogP contribution in [-0.2, 0) is 4.79 Å². The summed E-state index contributed by atoms with van der Waals surface area (Å²) in [5.41, 5.74) is -0.0255. The first kappa shape index (κ1) is 10.1. The van der Waals surface area contributed by atoms with Crippen LogP contribution in [0.3, 0.4) is 0 Å². The number of rotatable bonds is 1. The maximum absolute atomic E-state index is 12.1. The van der Waals surface area contributed by atoms with E-state index in [1.807, 2.05) is 0 Å². The molecule has 0 heterocycles. The Morgan fingerprint density at radius 3 is 2.33 bits per heavy atom. The van der Waals surface area contributed by atoms with Gasteiger partial charge in [0.15, 0.2) is 0 Å². The highest BCUT2D eigenvalue weighted by Gasteiger charge is 2.59. The summed E-state index contributed by atoms with van der Waals surface area (Å²) in [5.74, 6) is 1.88. The fourth-order valence-electron chi connectivity index (χ4n) is 4.68. The van der Waals surface area contributed by atoms with Gasteiger partial charge in [-0.15, -0.1) is 0 Å². The van der Waals surface area contributed by atoms with Crippen molar-refractivity contribution in [1.29, 1.82) is 0 Å². The lowest BCUT2D eigenvalue weighted by Gasteiger charge is -2.59. The molecule has 4 rings (SSSR count). The number of halogens is 1. The molecule has 1 N–H and O–H groups in total. The summed E-state index contributed by atoms with van der Waals surface area (Å²) in [5, 5.41) is 2.88. The summed E-state index contributed by atoms with van der Waals surface area (Å²) in [7, 11) is 1.78. The number of nitrogens with one attached hydrogen (secondary N) is 1. The number of amides is 1. The summed E-state index contributed by atoms with van der Waals surface area (Å²) >= 11 is 3.91. The molecule has 4 fully saturated rings. The van der Waals surface area contributed by atoms with Crippen molar-refractivity contribution < 1.29 is 4.79 Å². The van der Waals surface area contributed by atoms with Crippen molar-refractivity contribution in [2.45, 2.75) is 42.8 Å². The third-order valence-corrected chi connectivity index (χ3v) is 5.63. The molecule has 2 nitrogen and oxygen atoms in total. The lowest BCUT2D eigenvalue weighted by Crippen LogP contribution is -2.57. The first-order valence-corrected chi connectivity index (χ1v) is 6.76. The number of carbonyl (C=O) groups is 1. The maximum Gasteiger partial charge on any atom is 0.226 e. The molecule has 2 unspecified atom stereocenters. The number of alkyl halides is 1. The van der Waals surface area contributed by atoms with Crippen molar-refractivity contribution in [1.82, 2.24) is 5.32 Å². The van der Waals surface area contributed by atoms with Gasteiger partial charge in [-0.2, -0.15) is 0 Å². The van der Waals surface area contributed by atoms with E-state index in [4.69, 9.17) is 0 Å². The van der Waals surface area contributed by atoms with Crippen molar-refractivity contribution >= 4 is 21.8 Å². The highest BCUT2D eigenvalue weighted by Crippen LogP contribution is 2.64. The predicted molar refractivity (Wildman–Crippen MR) is 62.8 cm³/mol. The second-order valence-corrected chi connectivity index (χ2v) is 7.65. The van der Waals surface area contributed by atoms with Crippen LogP contribution in [0.4, 0.5) is 0 Å². The highest BCUT2D eigenvalue weighted by molar-refractivity contribution is 9.10. The van der Waals surface area contributed by atoms with Crippen LogP contribution < -0.4 is 5.32 Å². The molecule has 0 aromatic rings. The Morgan fingerprint density at radius 2 is 1.87 bits per heavy atom. The minimum atomic E-state index is -0.0255.